The highest BCUT2D eigenvalue weighted by Gasteiger charge is 2.31. The van der Waals surface area contributed by atoms with E-state index < -0.39 is 12.2 Å². The van der Waals surface area contributed by atoms with Crippen molar-refractivity contribution in [2.24, 2.45) is 0 Å². The van der Waals surface area contributed by atoms with Crippen LogP contribution in [0.1, 0.15) is 50.7 Å². The van der Waals surface area contributed by atoms with Gasteiger partial charge in [0.2, 0.25) is 0 Å². The number of benzene rings is 2. The molecule has 2 amide bonds. The third kappa shape index (κ3) is 6.25. The van der Waals surface area contributed by atoms with E-state index in [1.807, 2.05) is 62.4 Å². The van der Waals surface area contributed by atoms with Crippen LogP contribution in [0.4, 0.5) is 0 Å². The van der Waals surface area contributed by atoms with Gasteiger partial charge in [-0.1, -0.05) is 49.2 Å². The summed E-state index contributed by atoms with van der Waals surface area (Å²) < 4.78 is 11.7. The van der Waals surface area contributed by atoms with E-state index >= 15 is 0 Å². The summed E-state index contributed by atoms with van der Waals surface area (Å²) in [6, 6.07) is 15.0. The Bertz CT molecular complexity index is 854. The number of carbonyl (C=O) groups excluding carboxylic acids is 2. The second-order valence-corrected chi connectivity index (χ2v) is 8.57. The lowest BCUT2D eigenvalue weighted by molar-refractivity contribution is -0.131. The van der Waals surface area contributed by atoms with Crippen molar-refractivity contribution in [1.82, 2.24) is 10.6 Å². The number of nitrogens with one attached hydrogen (secondary N) is 2. The predicted octanol–water partition coefficient (Wildman–Crippen LogP) is 4.08. The van der Waals surface area contributed by atoms with Crippen LogP contribution in [-0.4, -0.2) is 36.1 Å². The van der Waals surface area contributed by atoms with Crippen LogP contribution in [-0.2, 0) is 9.59 Å². The lowest BCUT2D eigenvalue weighted by atomic mass is 9.90. The third-order valence-electron chi connectivity index (χ3n) is 5.95. The molecule has 0 aliphatic heterocycles. The second-order valence-electron chi connectivity index (χ2n) is 8.57. The molecule has 0 saturated heterocycles. The molecule has 2 N–H and O–H groups in total. The van der Waals surface area contributed by atoms with Gasteiger partial charge in [-0.3, -0.25) is 9.59 Å². The highest BCUT2D eigenvalue weighted by Crippen LogP contribution is 2.22. The zero-order valence-corrected chi connectivity index (χ0v) is 19.4. The number of para-hydroxylation sites is 2. The molecule has 6 nitrogen and oxygen atoms in total. The quantitative estimate of drug-likeness (QED) is 0.651. The minimum absolute atomic E-state index is 0.131. The molecule has 1 aliphatic carbocycles. The van der Waals surface area contributed by atoms with Crippen molar-refractivity contribution < 1.29 is 19.1 Å². The molecule has 4 atom stereocenters. The molecule has 2 aromatic carbocycles. The summed E-state index contributed by atoms with van der Waals surface area (Å²) in [7, 11) is 0. The van der Waals surface area contributed by atoms with E-state index in [1.54, 1.807) is 13.8 Å². The molecule has 3 rings (SSSR count). The number of hydrogen-bond acceptors (Lipinski definition) is 4. The van der Waals surface area contributed by atoms with Crippen LogP contribution in [0.15, 0.2) is 48.5 Å². The van der Waals surface area contributed by atoms with Crippen LogP contribution < -0.4 is 20.1 Å². The summed E-state index contributed by atoms with van der Waals surface area (Å²) in [5, 5.41) is 6.18. The molecule has 2 aromatic rings. The van der Waals surface area contributed by atoms with E-state index in [-0.39, 0.29) is 23.9 Å². The minimum Gasteiger partial charge on any atom is -0.481 e. The topological polar surface area (TPSA) is 76.7 Å². The molecule has 4 unspecified atom stereocenters. The zero-order chi connectivity index (χ0) is 23.1. The maximum absolute atomic E-state index is 12.8. The molecule has 0 aromatic heterocycles. The van der Waals surface area contributed by atoms with Gasteiger partial charge in [-0.15, -0.1) is 0 Å². The van der Waals surface area contributed by atoms with E-state index in [2.05, 4.69) is 10.6 Å². The maximum atomic E-state index is 12.8. The Balaban J connectivity index is 1.56. The highest BCUT2D eigenvalue weighted by molar-refractivity contribution is 5.82. The van der Waals surface area contributed by atoms with Gasteiger partial charge in [0.25, 0.3) is 11.8 Å². The Kier molecular flexibility index (Phi) is 8.14. The Hall–Kier alpha value is -3.02. The van der Waals surface area contributed by atoms with Gasteiger partial charge in [-0.25, -0.2) is 0 Å². The summed E-state index contributed by atoms with van der Waals surface area (Å²) >= 11 is 0. The molecule has 172 valence electrons. The lowest BCUT2D eigenvalue weighted by Crippen LogP contribution is -2.56. The number of aryl methyl sites for hydroxylation is 2. The fraction of sp³-hybridized carbons (Fsp3) is 0.462. The smallest absolute Gasteiger partial charge is 0.261 e. The standard InChI is InChI=1S/C26H34N2O4/c1-17-11-5-9-15-23(17)31-19(3)25(29)27-21-13-7-8-14-22(21)28-26(30)20(4)32-24-16-10-6-12-18(24)2/h5-6,9-12,15-16,19-22H,7-8,13-14H2,1-4H3,(H,27,29)(H,28,30). The number of amides is 2. The third-order valence-corrected chi connectivity index (χ3v) is 5.95. The first-order valence-electron chi connectivity index (χ1n) is 11.4. The largest absolute Gasteiger partial charge is 0.481 e. The van der Waals surface area contributed by atoms with Crippen molar-refractivity contribution in [3.8, 4) is 11.5 Å². The fourth-order valence-electron chi connectivity index (χ4n) is 3.94. The van der Waals surface area contributed by atoms with Crippen molar-refractivity contribution in [3.63, 3.8) is 0 Å². The molecule has 6 heteroatoms. The van der Waals surface area contributed by atoms with Crippen LogP contribution >= 0.6 is 0 Å². The monoisotopic (exact) mass is 438 g/mol. The normalized spacial score (nSPS) is 20.0. The molecular weight excluding hydrogens is 404 g/mol. The first-order valence-corrected chi connectivity index (χ1v) is 11.4. The highest BCUT2D eigenvalue weighted by atomic mass is 16.5. The van der Waals surface area contributed by atoms with Crippen molar-refractivity contribution in [2.75, 3.05) is 0 Å². The number of rotatable bonds is 8. The number of carbonyl (C=O) groups is 2. The van der Waals surface area contributed by atoms with Crippen molar-refractivity contribution in [3.05, 3.63) is 59.7 Å². The van der Waals surface area contributed by atoms with E-state index in [1.165, 1.54) is 0 Å². The molecule has 0 spiro atoms. The van der Waals surface area contributed by atoms with Crippen LogP contribution in [0.3, 0.4) is 0 Å². The molecule has 0 radical (unpaired) electrons. The van der Waals surface area contributed by atoms with Crippen molar-refractivity contribution in [1.29, 1.82) is 0 Å². The van der Waals surface area contributed by atoms with Gasteiger partial charge >= 0.3 is 0 Å². The van der Waals surface area contributed by atoms with Crippen LogP contribution in [0.2, 0.25) is 0 Å². The molecule has 0 bridgehead atoms. The molecule has 1 saturated carbocycles. The molecule has 1 fully saturated rings. The van der Waals surface area contributed by atoms with Gasteiger partial charge in [0, 0.05) is 12.1 Å². The average molecular weight is 439 g/mol. The van der Waals surface area contributed by atoms with Gasteiger partial charge in [-0.2, -0.15) is 0 Å². The number of hydrogen-bond donors (Lipinski definition) is 2. The Morgan fingerprint density at radius 1 is 0.750 bits per heavy atom. The van der Waals surface area contributed by atoms with Gasteiger partial charge in [0.05, 0.1) is 0 Å². The summed E-state index contributed by atoms with van der Waals surface area (Å²) in [5.41, 5.74) is 1.97. The lowest BCUT2D eigenvalue weighted by Gasteiger charge is -2.34. The summed E-state index contributed by atoms with van der Waals surface area (Å²) in [6.07, 6.45) is 2.41. The molecule has 0 heterocycles. The van der Waals surface area contributed by atoms with E-state index in [0.29, 0.717) is 11.5 Å². The Labute approximate surface area is 190 Å². The van der Waals surface area contributed by atoms with Gasteiger partial charge < -0.3 is 20.1 Å². The predicted molar refractivity (Wildman–Crippen MR) is 125 cm³/mol. The summed E-state index contributed by atoms with van der Waals surface area (Å²) in [4.78, 5) is 25.6. The van der Waals surface area contributed by atoms with Crippen LogP contribution in [0.5, 0.6) is 11.5 Å². The van der Waals surface area contributed by atoms with Crippen molar-refractivity contribution >= 4 is 11.8 Å². The van der Waals surface area contributed by atoms with E-state index in [4.69, 9.17) is 9.47 Å². The van der Waals surface area contributed by atoms with Crippen molar-refractivity contribution in [2.45, 2.75) is 77.7 Å². The van der Waals surface area contributed by atoms with Crippen LogP contribution in [0.25, 0.3) is 0 Å². The Morgan fingerprint density at radius 3 is 1.50 bits per heavy atom. The van der Waals surface area contributed by atoms with E-state index in [9.17, 15) is 9.59 Å². The van der Waals surface area contributed by atoms with E-state index in [0.717, 1.165) is 36.8 Å². The molecule has 1 aliphatic rings. The summed E-state index contributed by atoms with van der Waals surface area (Å²) in [6.45, 7) is 7.40. The summed E-state index contributed by atoms with van der Waals surface area (Å²) in [5.74, 6) is 1.05. The SMILES string of the molecule is Cc1ccccc1OC(C)C(=O)NC1CCCCC1NC(=O)C(C)Oc1ccccc1C. The van der Waals surface area contributed by atoms with Gasteiger partial charge in [0.1, 0.15) is 11.5 Å². The maximum Gasteiger partial charge on any atom is 0.261 e. The fourth-order valence-corrected chi connectivity index (χ4v) is 3.94. The zero-order valence-electron chi connectivity index (χ0n) is 19.4. The molecule has 32 heavy (non-hydrogen) atoms. The first-order chi connectivity index (χ1) is 15.3. The molecular formula is C26H34N2O4. The van der Waals surface area contributed by atoms with Gasteiger partial charge in [-0.05, 0) is 63.8 Å². The minimum atomic E-state index is -0.627. The first kappa shape index (κ1) is 23.6. The van der Waals surface area contributed by atoms with Crippen LogP contribution in [0, 0.1) is 13.8 Å². The number of ether oxygens (including phenoxy) is 2. The Morgan fingerprint density at radius 2 is 1.12 bits per heavy atom. The van der Waals surface area contributed by atoms with Gasteiger partial charge in [0.15, 0.2) is 12.2 Å². The second kappa shape index (κ2) is 11.0. The average Bonchev–Trinajstić information content (AvgIpc) is 2.78.